The minimum absolute atomic E-state index is 0.0618. The summed E-state index contributed by atoms with van der Waals surface area (Å²) >= 11 is 5.22. The highest BCUT2D eigenvalue weighted by atomic mass is 35.5. The van der Waals surface area contributed by atoms with Crippen molar-refractivity contribution >= 4 is 17.5 Å². The van der Waals surface area contributed by atoms with E-state index in [1.165, 1.54) is 4.90 Å². The minimum atomic E-state index is -1.93. The first-order valence-corrected chi connectivity index (χ1v) is 5.82. The van der Waals surface area contributed by atoms with Crippen molar-refractivity contribution in [3.8, 4) is 0 Å². The summed E-state index contributed by atoms with van der Waals surface area (Å²) in [6.45, 7) is 3.20. The van der Waals surface area contributed by atoms with Gasteiger partial charge < -0.3 is 9.47 Å². The van der Waals surface area contributed by atoms with E-state index >= 15 is 0 Å². The number of carbonyl (C=O) groups excluding carboxylic acids is 1. The second-order valence-corrected chi connectivity index (χ2v) is 4.27. The summed E-state index contributed by atoms with van der Waals surface area (Å²) in [6.07, 6.45) is 2.74. The predicted octanol–water partition coefficient (Wildman–Crippen LogP) is 2.32. The Bertz CT molecular complexity index is 391. The number of aromatic nitrogens is 1. The summed E-state index contributed by atoms with van der Waals surface area (Å²) in [5.41, 5.74) is -0.880. The Morgan fingerprint density at radius 2 is 2.44 bits per heavy atom. The summed E-state index contributed by atoms with van der Waals surface area (Å²) in [5, 5.41) is 0. The van der Waals surface area contributed by atoms with E-state index in [4.69, 9.17) is 11.6 Å². The molecule has 1 aliphatic rings. The number of fused-ring (bicyclic) bond motifs is 1. The number of rotatable bonds is 2. The zero-order valence-electron chi connectivity index (χ0n) is 9.07. The Labute approximate surface area is 98.8 Å². The largest absolute Gasteiger partial charge is 0.348 e. The van der Waals surface area contributed by atoms with Crippen LogP contribution in [0.4, 0.5) is 4.39 Å². The molecule has 0 aromatic carbocycles. The molecule has 0 bridgehead atoms. The second-order valence-electron chi connectivity index (χ2n) is 3.88. The van der Waals surface area contributed by atoms with E-state index in [1.807, 2.05) is 25.3 Å². The fraction of sp³-hybridized carbons (Fsp3) is 0.545. The maximum absolute atomic E-state index is 12.9. The summed E-state index contributed by atoms with van der Waals surface area (Å²) < 4.78 is 15.0. The Balaban J connectivity index is 2.27. The molecule has 3 nitrogen and oxygen atoms in total. The van der Waals surface area contributed by atoms with E-state index in [-0.39, 0.29) is 6.04 Å². The van der Waals surface area contributed by atoms with Crippen LogP contribution in [0.15, 0.2) is 18.3 Å². The molecule has 2 atom stereocenters. The molecule has 1 amide bonds. The number of alkyl halides is 2. The molecule has 0 saturated heterocycles. The van der Waals surface area contributed by atoms with Crippen LogP contribution >= 0.6 is 11.6 Å². The fourth-order valence-electron chi connectivity index (χ4n) is 2.28. The van der Waals surface area contributed by atoms with Crippen LogP contribution in [0.2, 0.25) is 0 Å². The highest BCUT2D eigenvalue weighted by Gasteiger charge is 2.32. The molecule has 2 heterocycles. The number of nitrogens with zero attached hydrogens (tertiary/aromatic N) is 2. The topological polar surface area (TPSA) is 25.2 Å². The van der Waals surface area contributed by atoms with Crippen molar-refractivity contribution < 1.29 is 9.18 Å². The van der Waals surface area contributed by atoms with Crippen LogP contribution in [-0.4, -0.2) is 27.5 Å². The van der Waals surface area contributed by atoms with Gasteiger partial charge in [-0.2, -0.15) is 0 Å². The van der Waals surface area contributed by atoms with Gasteiger partial charge in [0.05, 0.1) is 6.04 Å². The Morgan fingerprint density at radius 1 is 1.69 bits per heavy atom. The van der Waals surface area contributed by atoms with Crippen LogP contribution in [-0.2, 0) is 11.3 Å². The quantitative estimate of drug-likeness (QED) is 0.733. The van der Waals surface area contributed by atoms with Gasteiger partial charge in [-0.15, -0.1) is 0 Å². The lowest BCUT2D eigenvalue weighted by Gasteiger charge is -2.36. The lowest BCUT2D eigenvalue weighted by atomic mass is 10.1. The predicted molar refractivity (Wildman–Crippen MR) is 59.9 cm³/mol. The summed E-state index contributed by atoms with van der Waals surface area (Å²) in [5.74, 6) is -0.624. The standard InChI is InChI=1S/C11H14ClFN2O/c1-2-8-9-4-3-5-14(9)6-7-15(8)11(16)10(12)13/h3-5,8,10H,2,6-7H2,1H3. The maximum Gasteiger partial charge on any atom is 0.273 e. The molecule has 16 heavy (non-hydrogen) atoms. The van der Waals surface area contributed by atoms with Gasteiger partial charge in [0, 0.05) is 25.0 Å². The molecule has 1 aromatic rings. The van der Waals surface area contributed by atoms with Gasteiger partial charge in [0.2, 0.25) is 0 Å². The zero-order valence-corrected chi connectivity index (χ0v) is 9.82. The van der Waals surface area contributed by atoms with E-state index in [9.17, 15) is 9.18 Å². The fourth-order valence-corrected chi connectivity index (χ4v) is 2.41. The highest BCUT2D eigenvalue weighted by Crippen LogP contribution is 2.29. The Kier molecular flexibility index (Phi) is 3.19. The summed E-state index contributed by atoms with van der Waals surface area (Å²) in [7, 11) is 0. The maximum atomic E-state index is 12.9. The van der Waals surface area contributed by atoms with Crippen molar-refractivity contribution in [2.75, 3.05) is 6.54 Å². The third-order valence-corrected chi connectivity index (χ3v) is 3.21. The van der Waals surface area contributed by atoms with E-state index in [0.29, 0.717) is 13.1 Å². The van der Waals surface area contributed by atoms with Gasteiger partial charge in [0.1, 0.15) is 0 Å². The first kappa shape index (κ1) is 11.5. The molecule has 88 valence electrons. The minimum Gasteiger partial charge on any atom is -0.348 e. The molecule has 5 heteroatoms. The lowest BCUT2D eigenvalue weighted by Crippen LogP contribution is -2.44. The van der Waals surface area contributed by atoms with Gasteiger partial charge in [-0.05, 0) is 18.6 Å². The van der Waals surface area contributed by atoms with Gasteiger partial charge in [0.25, 0.3) is 11.5 Å². The highest BCUT2D eigenvalue weighted by molar-refractivity contribution is 6.29. The number of halogens is 2. The van der Waals surface area contributed by atoms with Gasteiger partial charge in [-0.3, -0.25) is 4.79 Å². The molecule has 1 aliphatic heterocycles. The molecule has 1 aromatic heterocycles. The van der Waals surface area contributed by atoms with Crippen LogP contribution in [0.5, 0.6) is 0 Å². The zero-order chi connectivity index (χ0) is 11.7. The van der Waals surface area contributed by atoms with E-state index in [0.717, 1.165) is 12.1 Å². The molecule has 0 spiro atoms. The van der Waals surface area contributed by atoms with Crippen molar-refractivity contribution in [2.45, 2.75) is 31.6 Å². The van der Waals surface area contributed by atoms with Crippen LogP contribution in [0.25, 0.3) is 0 Å². The van der Waals surface area contributed by atoms with Crippen LogP contribution < -0.4 is 0 Å². The smallest absolute Gasteiger partial charge is 0.273 e. The van der Waals surface area contributed by atoms with Crippen molar-refractivity contribution in [3.63, 3.8) is 0 Å². The number of hydrogen-bond donors (Lipinski definition) is 0. The van der Waals surface area contributed by atoms with Crippen LogP contribution in [0, 0.1) is 0 Å². The third-order valence-electron chi connectivity index (χ3n) is 3.02. The number of amides is 1. The Hall–Kier alpha value is -1.03. The van der Waals surface area contributed by atoms with E-state index in [1.54, 1.807) is 0 Å². The van der Waals surface area contributed by atoms with Crippen molar-refractivity contribution in [1.82, 2.24) is 9.47 Å². The monoisotopic (exact) mass is 244 g/mol. The van der Waals surface area contributed by atoms with Crippen LogP contribution in [0.1, 0.15) is 25.1 Å². The van der Waals surface area contributed by atoms with Crippen molar-refractivity contribution in [2.24, 2.45) is 0 Å². The first-order chi connectivity index (χ1) is 7.65. The molecule has 0 radical (unpaired) electrons. The van der Waals surface area contributed by atoms with E-state index < -0.39 is 11.5 Å². The molecule has 0 N–H and O–H groups in total. The summed E-state index contributed by atoms with van der Waals surface area (Å²) in [6, 6.07) is 3.85. The number of carbonyl (C=O) groups is 1. The van der Waals surface area contributed by atoms with Gasteiger partial charge in [-0.25, -0.2) is 4.39 Å². The second kappa shape index (κ2) is 4.45. The third kappa shape index (κ3) is 1.82. The first-order valence-electron chi connectivity index (χ1n) is 5.38. The van der Waals surface area contributed by atoms with Crippen molar-refractivity contribution in [3.05, 3.63) is 24.0 Å². The molecule has 2 unspecified atom stereocenters. The molecular weight excluding hydrogens is 231 g/mol. The SMILES string of the molecule is CCC1c2cccn2CCN1C(=O)C(F)Cl. The van der Waals surface area contributed by atoms with Gasteiger partial charge >= 0.3 is 0 Å². The average molecular weight is 245 g/mol. The number of hydrogen-bond acceptors (Lipinski definition) is 1. The van der Waals surface area contributed by atoms with Crippen LogP contribution in [0.3, 0.4) is 0 Å². The lowest BCUT2D eigenvalue weighted by molar-refractivity contribution is -0.137. The molecule has 0 fully saturated rings. The molecule has 2 rings (SSSR count). The normalized spacial score (nSPS) is 21.7. The molecular formula is C11H14ClFN2O. The molecule has 0 saturated carbocycles. The summed E-state index contributed by atoms with van der Waals surface area (Å²) in [4.78, 5) is 13.1. The van der Waals surface area contributed by atoms with Crippen molar-refractivity contribution in [1.29, 1.82) is 0 Å². The van der Waals surface area contributed by atoms with Gasteiger partial charge in [-0.1, -0.05) is 18.5 Å². The van der Waals surface area contributed by atoms with Gasteiger partial charge in [0.15, 0.2) is 0 Å². The van der Waals surface area contributed by atoms with E-state index in [2.05, 4.69) is 4.57 Å². The average Bonchev–Trinajstić information content (AvgIpc) is 2.74. The molecule has 0 aliphatic carbocycles. The Morgan fingerprint density at radius 3 is 3.06 bits per heavy atom.